The molecule has 2 aromatic rings. The van der Waals surface area contributed by atoms with Crippen molar-refractivity contribution >= 4 is 17.5 Å². The van der Waals surface area contributed by atoms with Crippen molar-refractivity contribution in [2.45, 2.75) is 13.0 Å². The van der Waals surface area contributed by atoms with Gasteiger partial charge >= 0.3 is 6.03 Å². The molecule has 4 heteroatoms. The predicted molar refractivity (Wildman–Crippen MR) is 87.9 cm³/mol. The average molecular weight is 304 g/mol. The molecular weight excluding hydrogens is 288 g/mol. The molecule has 0 bridgehead atoms. The fraction of sp³-hybridized carbons (Fsp3) is 0.158. The van der Waals surface area contributed by atoms with Crippen molar-refractivity contribution in [2.75, 3.05) is 7.05 Å². The van der Waals surface area contributed by atoms with Gasteiger partial charge in [-0.15, -0.1) is 0 Å². The van der Waals surface area contributed by atoms with E-state index in [2.05, 4.69) is 5.32 Å². The van der Waals surface area contributed by atoms with E-state index in [-0.39, 0.29) is 17.9 Å². The van der Waals surface area contributed by atoms with Gasteiger partial charge in [0, 0.05) is 18.2 Å². The molecule has 0 saturated heterocycles. The van der Waals surface area contributed by atoms with Gasteiger partial charge in [-0.1, -0.05) is 54.1 Å². The zero-order valence-electron chi connectivity index (χ0n) is 13.0. The van der Waals surface area contributed by atoms with E-state index in [1.165, 1.54) is 0 Å². The third-order valence-electron chi connectivity index (χ3n) is 4.56. The topological polar surface area (TPSA) is 49.4 Å². The number of aryl methyl sites for hydroxylation is 1. The van der Waals surface area contributed by atoms with E-state index in [9.17, 15) is 9.59 Å². The van der Waals surface area contributed by atoms with Crippen LogP contribution in [0, 0.1) is 6.92 Å². The fourth-order valence-electron chi connectivity index (χ4n) is 3.34. The van der Waals surface area contributed by atoms with Crippen molar-refractivity contribution < 1.29 is 9.59 Å². The quantitative estimate of drug-likeness (QED) is 0.879. The second-order valence-corrected chi connectivity index (χ2v) is 6.02. The molecule has 1 N–H and O–H groups in total. The van der Waals surface area contributed by atoms with E-state index >= 15 is 0 Å². The lowest BCUT2D eigenvalue weighted by molar-refractivity contribution is 0.101. The van der Waals surface area contributed by atoms with Crippen LogP contribution in [0.15, 0.2) is 54.1 Å². The Morgan fingerprint density at radius 2 is 1.61 bits per heavy atom. The number of hydrogen-bond acceptors (Lipinski definition) is 2. The number of ketones is 1. The Hall–Kier alpha value is -2.88. The van der Waals surface area contributed by atoms with Crippen molar-refractivity contribution in [2.24, 2.45) is 0 Å². The van der Waals surface area contributed by atoms with Crippen molar-refractivity contribution in [3.63, 3.8) is 0 Å². The summed E-state index contributed by atoms with van der Waals surface area (Å²) in [6.45, 7) is 2.02. The lowest BCUT2D eigenvalue weighted by Gasteiger charge is -2.34. The van der Waals surface area contributed by atoms with E-state index in [1.54, 1.807) is 11.9 Å². The van der Waals surface area contributed by atoms with E-state index in [0.29, 0.717) is 16.8 Å². The summed E-state index contributed by atoms with van der Waals surface area (Å²) in [4.78, 5) is 26.9. The van der Waals surface area contributed by atoms with Crippen LogP contribution in [-0.2, 0) is 0 Å². The lowest BCUT2D eigenvalue weighted by atomic mass is 9.92. The number of carbonyl (C=O) groups is 2. The van der Waals surface area contributed by atoms with Crippen molar-refractivity contribution in [1.82, 2.24) is 10.2 Å². The number of Topliss-reactive ketones (excluding diaryl/α,β-unsaturated/α-hetero) is 1. The van der Waals surface area contributed by atoms with Crippen LogP contribution in [0.5, 0.6) is 0 Å². The van der Waals surface area contributed by atoms with Gasteiger partial charge in [0.1, 0.15) is 0 Å². The predicted octanol–water partition coefficient (Wildman–Crippen LogP) is 3.30. The number of hydrogen-bond donors (Lipinski definition) is 1. The third kappa shape index (κ3) is 1.91. The van der Waals surface area contributed by atoms with Crippen LogP contribution in [0.4, 0.5) is 4.79 Å². The highest BCUT2D eigenvalue weighted by atomic mass is 16.2. The average Bonchev–Trinajstić information content (AvgIpc) is 2.83. The molecule has 0 spiro atoms. The Labute approximate surface area is 134 Å². The van der Waals surface area contributed by atoms with Gasteiger partial charge in [-0.2, -0.15) is 0 Å². The molecule has 2 amide bonds. The number of nitrogens with zero attached hydrogens (tertiary/aromatic N) is 1. The molecule has 23 heavy (non-hydrogen) atoms. The minimum Gasteiger partial charge on any atom is -0.316 e. The maximum Gasteiger partial charge on any atom is 0.322 e. The second kappa shape index (κ2) is 4.81. The maximum absolute atomic E-state index is 12.9. The molecule has 1 heterocycles. The molecule has 2 aromatic carbocycles. The molecule has 0 unspecified atom stereocenters. The Morgan fingerprint density at radius 3 is 2.30 bits per heavy atom. The summed E-state index contributed by atoms with van der Waals surface area (Å²) in [5, 5.41) is 2.87. The Balaban J connectivity index is 1.92. The standard InChI is InChI=1S/C19H16N2O2/c1-11-7-9-12(10-8-11)17-15-16(20-19(23)21(17)2)13-5-3-4-6-14(13)18(15)22/h3-10,17H,1-2H3,(H,20,23)/t17-/m0/s1. The first-order valence-corrected chi connectivity index (χ1v) is 7.56. The summed E-state index contributed by atoms with van der Waals surface area (Å²) in [5.41, 5.74) is 4.86. The number of amides is 2. The van der Waals surface area contributed by atoms with Crippen LogP contribution in [0.1, 0.15) is 33.1 Å². The largest absolute Gasteiger partial charge is 0.322 e. The zero-order valence-corrected chi connectivity index (χ0v) is 13.0. The summed E-state index contributed by atoms with van der Waals surface area (Å²) < 4.78 is 0. The van der Waals surface area contributed by atoms with Gasteiger partial charge < -0.3 is 10.2 Å². The molecule has 0 aromatic heterocycles. The normalized spacial score (nSPS) is 19.6. The first kappa shape index (κ1) is 13.8. The van der Waals surface area contributed by atoms with Crippen LogP contribution < -0.4 is 5.32 Å². The van der Waals surface area contributed by atoms with Crippen LogP contribution in [-0.4, -0.2) is 23.8 Å². The molecule has 0 fully saturated rings. The lowest BCUT2D eigenvalue weighted by Crippen LogP contribution is -2.44. The Bertz CT molecular complexity index is 865. The van der Waals surface area contributed by atoms with E-state index in [4.69, 9.17) is 0 Å². The summed E-state index contributed by atoms with van der Waals surface area (Å²) >= 11 is 0. The highest BCUT2D eigenvalue weighted by Gasteiger charge is 2.42. The zero-order chi connectivity index (χ0) is 16.1. The van der Waals surface area contributed by atoms with Gasteiger partial charge in [0.2, 0.25) is 0 Å². The molecule has 2 aliphatic rings. The first-order chi connectivity index (χ1) is 11.1. The summed E-state index contributed by atoms with van der Waals surface area (Å²) in [7, 11) is 1.72. The molecule has 1 atom stereocenters. The van der Waals surface area contributed by atoms with Gasteiger partial charge in [0.25, 0.3) is 0 Å². The number of likely N-dealkylation sites (N-methyl/N-ethyl adjacent to an activating group) is 1. The maximum atomic E-state index is 12.9. The van der Waals surface area contributed by atoms with E-state index in [0.717, 1.165) is 16.7 Å². The van der Waals surface area contributed by atoms with Crippen LogP contribution in [0.25, 0.3) is 5.70 Å². The monoisotopic (exact) mass is 304 g/mol. The highest BCUT2D eigenvalue weighted by molar-refractivity contribution is 6.23. The van der Waals surface area contributed by atoms with Crippen LogP contribution >= 0.6 is 0 Å². The third-order valence-corrected chi connectivity index (χ3v) is 4.56. The Kier molecular flexibility index (Phi) is 2.88. The number of rotatable bonds is 1. The van der Waals surface area contributed by atoms with Gasteiger partial charge in [0.05, 0.1) is 17.3 Å². The number of carbonyl (C=O) groups excluding carboxylic acids is 2. The molecule has 4 nitrogen and oxygen atoms in total. The van der Waals surface area contributed by atoms with Crippen LogP contribution in [0.2, 0.25) is 0 Å². The van der Waals surface area contributed by atoms with E-state index < -0.39 is 0 Å². The summed E-state index contributed by atoms with van der Waals surface area (Å²) in [5.74, 6) is -0.00646. The minimum atomic E-state index is -0.362. The van der Waals surface area contributed by atoms with Crippen molar-refractivity contribution in [3.05, 3.63) is 76.4 Å². The molecule has 1 aliphatic carbocycles. The van der Waals surface area contributed by atoms with Gasteiger partial charge in [-0.25, -0.2) is 4.79 Å². The number of benzene rings is 2. The van der Waals surface area contributed by atoms with Crippen molar-refractivity contribution in [3.8, 4) is 0 Å². The van der Waals surface area contributed by atoms with Crippen LogP contribution in [0.3, 0.4) is 0 Å². The Morgan fingerprint density at radius 1 is 0.957 bits per heavy atom. The van der Waals surface area contributed by atoms with E-state index in [1.807, 2.05) is 55.5 Å². The van der Waals surface area contributed by atoms with Gasteiger partial charge in [-0.05, 0) is 12.5 Å². The number of urea groups is 1. The number of fused-ring (bicyclic) bond motifs is 2. The highest BCUT2D eigenvalue weighted by Crippen LogP contribution is 2.42. The second-order valence-electron chi connectivity index (χ2n) is 6.02. The van der Waals surface area contributed by atoms with Crippen molar-refractivity contribution in [1.29, 1.82) is 0 Å². The van der Waals surface area contributed by atoms with Gasteiger partial charge in [0.15, 0.2) is 5.78 Å². The summed E-state index contributed by atoms with van der Waals surface area (Å²) in [6, 6.07) is 14.8. The molecule has 0 saturated carbocycles. The molecule has 1 aliphatic heterocycles. The molecular formula is C19H16N2O2. The smallest absolute Gasteiger partial charge is 0.316 e. The molecule has 0 radical (unpaired) electrons. The fourth-order valence-corrected chi connectivity index (χ4v) is 3.34. The number of nitrogens with one attached hydrogen (secondary N) is 1. The first-order valence-electron chi connectivity index (χ1n) is 7.56. The molecule has 114 valence electrons. The minimum absolute atomic E-state index is 0.00646. The summed E-state index contributed by atoms with van der Waals surface area (Å²) in [6.07, 6.45) is 0. The molecule has 4 rings (SSSR count). The SMILES string of the molecule is Cc1ccc([C@H]2C3=C(NC(=O)N2C)c2ccccc2C3=O)cc1. The van der Waals surface area contributed by atoms with Gasteiger partial charge in [-0.3, -0.25) is 4.79 Å².